The minimum absolute atomic E-state index is 0.125. The maximum Gasteiger partial charge on any atom is 0.324 e. The first-order valence-electron chi connectivity index (χ1n) is 10.6. The van der Waals surface area contributed by atoms with Crippen LogP contribution >= 0.6 is 0 Å². The number of aromatic amines is 1. The number of imidazole rings is 1. The number of nitrogens with zero attached hydrogens (tertiary/aromatic N) is 5. The van der Waals surface area contributed by atoms with Crippen molar-refractivity contribution in [2.24, 2.45) is 5.92 Å². The van der Waals surface area contributed by atoms with E-state index in [-0.39, 0.29) is 5.92 Å². The van der Waals surface area contributed by atoms with E-state index in [0.717, 1.165) is 56.7 Å². The van der Waals surface area contributed by atoms with Crippen LogP contribution in [0.4, 0.5) is 6.01 Å². The van der Waals surface area contributed by atoms with Crippen LogP contribution in [-0.4, -0.2) is 56.1 Å². The highest BCUT2D eigenvalue weighted by Gasteiger charge is 2.46. The van der Waals surface area contributed by atoms with E-state index in [9.17, 15) is 4.79 Å². The summed E-state index contributed by atoms with van der Waals surface area (Å²) in [5.74, 6) is 2.23. The molecule has 4 fully saturated rings. The van der Waals surface area contributed by atoms with Crippen molar-refractivity contribution in [3.63, 3.8) is 0 Å². The van der Waals surface area contributed by atoms with Crippen LogP contribution in [0.3, 0.4) is 0 Å². The molecule has 2 aromatic heterocycles. The van der Waals surface area contributed by atoms with Gasteiger partial charge in [-0.15, -0.1) is 0 Å². The Bertz CT molecular complexity index is 846. The van der Waals surface area contributed by atoms with Gasteiger partial charge in [0.25, 0.3) is 0 Å². The molecule has 6 rings (SSSR count). The smallest absolute Gasteiger partial charge is 0.324 e. The Morgan fingerprint density at radius 3 is 2.64 bits per heavy atom. The molecule has 8 heteroatoms. The van der Waals surface area contributed by atoms with Gasteiger partial charge >= 0.3 is 6.01 Å². The molecule has 28 heavy (non-hydrogen) atoms. The second-order valence-corrected chi connectivity index (χ2v) is 8.95. The number of likely N-dealkylation sites (tertiary alicyclic amines) is 1. The van der Waals surface area contributed by atoms with Crippen LogP contribution in [0.2, 0.25) is 0 Å². The van der Waals surface area contributed by atoms with Crippen molar-refractivity contribution >= 4 is 11.9 Å². The maximum atomic E-state index is 13.2. The minimum Gasteiger partial charge on any atom is -0.348 e. The predicted octanol–water partition coefficient (Wildman–Crippen LogP) is 2.43. The first-order chi connectivity index (χ1) is 13.8. The van der Waals surface area contributed by atoms with E-state index in [1.54, 1.807) is 6.33 Å². The number of carbonyl (C=O) groups is 1. The van der Waals surface area contributed by atoms with Crippen molar-refractivity contribution in [2.75, 3.05) is 18.0 Å². The number of carbonyl (C=O) groups excluding carboxylic acids is 1. The Morgan fingerprint density at radius 2 is 1.93 bits per heavy atom. The fourth-order valence-electron chi connectivity index (χ4n) is 5.49. The molecule has 2 bridgehead atoms. The van der Waals surface area contributed by atoms with Gasteiger partial charge in [0, 0.05) is 54.8 Å². The summed E-state index contributed by atoms with van der Waals surface area (Å²) in [4.78, 5) is 29.6. The van der Waals surface area contributed by atoms with Gasteiger partial charge in [-0.05, 0) is 44.9 Å². The molecule has 8 nitrogen and oxygen atoms in total. The molecular formula is C20H26N6O2. The van der Waals surface area contributed by atoms with Gasteiger partial charge < -0.3 is 19.3 Å². The average Bonchev–Trinajstić information content (AvgIpc) is 3.15. The van der Waals surface area contributed by atoms with Crippen molar-refractivity contribution in [3.05, 3.63) is 24.0 Å². The van der Waals surface area contributed by atoms with Gasteiger partial charge in [0.15, 0.2) is 5.82 Å². The number of hydrogen-bond donors (Lipinski definition) is 1. The highest BCUT2D eigenvalue weighted by Crippen LogP contribution is 2.44. The van der Waals surface area contributed by atoms with Crippen LogP contribution in [0, 0.1) is 5.92 Å². The number of H-pyrrole nitrogens is 1. The topological polar surface area (TPSA) is 91.2 Å². The average molecular weight is 382 g/mol. The second-order valence-electron chi connectivity index (χ2n) is 8.95. The van der Waals surface area contributed by atoms with E-state index in [2.05, 4.69) is 29.9 Å². The first kappa shape index (κ1) is 16.6. The number of piperidine rings is 1. The Labute approximate surface area is 163 Å². The minimum atomic E-state index is 0.125. The summed E-state index contributed by atoms with van der Waals surface area (Å²) >= 11 is 0. The molecule has 4 aliphatic rings. The number of rotatable bonds is 4. The summed E-state index contributed by atoms with van der Waals surface area (Å²) in [5.41, 5.74) is 1.15. The number of aromatic nitrogens is 4. The molecule has 1 aliphatic carbocycles. The fraction of sp³-hybridized carbons (Fsp3) is 0.700. The fourth-order valence-corrected chi connectivity index (χ4v) is 5.49. The van der Waals surface area contributed by atoms with Crippen LogP contribution in [0.25, 0.3) is 0 Å². The molecule has 0 spiro atoms. The molecule has 3 aliphatic heterocycles. The maximum absolute atomic E-state index is 13.2. The summed E-state index contributed by atoms with van der Waals surface area (Å²) in [6.07, 6.45) is 11.0. The second kappa shape index (κ2) is 6.32. The Balaban J connectivity index is 1.13. The quantitative estimate of drug-likeness (QED) is 0.873. The molecule has 2 aromatic rings. The van der Waals surface area contributed by atoms with Crippen LogP contribution in [0.1, 0.15) is 68.3 Å². The van der Waals surface area contributed by atoms with E-state index in [1.165, 1.54) is 12.8 Å². The van der Waals surface area contributed by atoms with E-state index >= 15 is 0 Å². The number of hydrogen-bond acceptors (Lipinski definition) is 6. The third kappa shape index (κ3) is 2.72. The third-order valence-electron chi connectivity index (χ3n) is 7.14. The first-order valence-corrected chi connectivity index (χ1v) is 10.6. The monoisotopic (exact) mass is 382 g/mol. The van der Waals surface area contributed by atoms with Crippen molar-refractivity contribution in [1.29, 1.82) is 0 Å². The van der Waals surface area contributed by atoms with Crippen LogP contribution in [0.15, 0.2) is 17.0 Å². The molecule has 1 saturated carbocycles. The van der Waals surface area contributed by atoms with Crippen LogP contribution in [0.5, 0.6) is 0 Å². The van der Waals surface area contributed by atoms with E-state index in [4.69, 9.17) is 4.52 Å². The molecule has 1 N–H and O–H groups in total. The summed E-state index contributed by atoms with van der Waals surface area (Å²) < 4.78 is 5.60. The molecule has 0 aromatic carbocycles. The lowest BCUT2D eigenvalue weighted by Gasteiger charge is -2.38. The SMILES string of the molecule is O=C(C1CC2CCC(C1)N2c1nc(C2CC2)no1)N1CC[C@H](c2cnc[nH]2)C1. The van der Waals surface area contributed by atoms with Gasteiger partial charge in [0.1, 0.15) is 0 Å². The molecular weight excluding hydrogens is 356 g/mol. The zero-order chi connectivity index (χ0) is 18.7. The van der Waals surface area contributed by atoms with Crippen LogP contribution < -0.4 is 4.90 Å². The largest absolute Gasteiger partial charge is 0.348 e. The highest BCUT2D eigenvalue weighted by molar-refractivity contribution is 5.80. The summed E-state index contributed by atoms with van der Waals surface area (Å²) in [6.45, 7) is 1.66. The van der Waals surface area contributed by atoms with E-state index < -0.39 is 0 Å². The Kier molecular flexibility index (Phi) is 3.74. The molecule has 1 amide bonds. The van der Waals surface area contributed by atoms with Gasteiger partial charge in [0.2, 0.25) is 5.91 Å². The molecule has 0 radical (unpaired) electrons. The van der Waals surface area contributed by atoms with Gasteiger partial charge in [-0.3, -0.25) is 4.79 Å². The standard InChI is InChI=1S/C20H26N6O2/c27-19(25-6-5-13(10-25)17-9-21-11-22-17)14-7-15-3-4-16(8-14)26(15)20-23-18(24-28-20)12-1-2-12/h9,11-16H,1-8,10H2,(H,21,22)/t13-,14?,15?,16?/m0/s1. The number of amides is 1. The molecule has 148 valence electrons. The van der Waals surface area contributed by atoms with Crippen LogP contribution in [-0.2, 0) is 4.79 Å². The highest BCUT2D eigenvalue weighted by atomic mass is 16.5. The molecule has 3 atom stereocenters. The van der Waals surface area contributed by atoms with Crippen molar-refractivity contribution < 1.29 is 9.32 Å². The number of nitrogens with one attached hydrogen (secondary N) is 1. The zero-order valence-corrected chi connectivity index (χ0v) is 16.0. The predicted molar refractivity (Wildman–Crippen MR) is 101 cm³/mol. The third-order valence-corrected chi connectivity index (χ3v) is 7.14. The molecule has 5 heterocycles. The van der Waals surface area contributed by atoms with Crippen molar-refractivity contribution in [3.8, 4) is 0 Å². The number of anilines is 1. The lowest BCUT2D eigenvalue weighted by Crippen LogP contribution is -2.47. The normalized spacial score (nSPS) is 32.3. The van der Waals surface area contributed by atoms with Crippen molar-refractivity contribution in [1.82, 2.24) is 25.0 Å². The lowest BCUT2D eigenvalue weighted by molar-refractivity contribution is -0.135. The van der Waals surface area contributed by atoms with Gasteiger partial charge in [-0.1, -0.05) is 5.16 Å². The lowest BCUT2D eigenvalue weighted by atomic mass is 9.89. The zero-order valence-electron chi connectivity index (χ0n) is 16.0. The van der Waals surface area contributed by atoms with Gasteiger partial charge in [-0.2, -0.15) is 4.98 Å². The summed E-state index contributed by atoms with van der Waals surface area (Å²) in [5, 5.41) is 4.19. The van der Waals surface area contributed by atoms with Crippen molar-refractivity contribution in [2.45, 2.75) is 68.9 Å². The van der Waals surface area contributed by atoms with Gasteiger partial charge in [-0.25, -0.2) is 4.98 Å². The Hall–Kier alpha value is -2.38. The summed E-state index contributed by atoms with van der Waals surface area (Å²) in [7, 11) is 0. The molecule has 2 unspecified atom stereocenters. The number of fused-ring (bicyclic) bond motifs is 2. The molecule has 3 saturated heterocycles. The summed E-state index contributed by atoms with van der Waals surface area (Å²) in [6, 6.07) is 1.39. The van der Waals surface area contributed by atoms with E-state index in [1.807, 2.05) is 6.20 Å². The Morgan fingerprint density at radius 1 is 1.11 bits per heavy atom. The van der Waals surface area contributed by atoms with Gasteiger partial charge in [0.05, 0.1) is 6.33 Å². The van der Waals surface area contributed by atoms with E-state index in [0.29, 0.717) is 35.8 Å².